The van der Waals surface area contributed by atoms with Crippen LogP contribution in [0.15, 0.2) is 0 Å². The number of aliphatic hydroxyl groups is 1. The van der Waals surface area contributed by atoms with Crippen molar-refractivity contribution in [3.8, 4) is 0 Å². The first-order chi connectivity index (χ1) is 10.0. The quantitative estimate of drug-likeness (QED) is 0.357. The number of carbonyl (C=O) groups excluding carboxylic acids is 2. The highest BCUT2D eigenvalue weighted by Crippen LogP contribution is 2.34. The van der Waals surface area contributed by atoms with E-state index in [0.717, 1.165) is 11.6 Å². The molecule has 2 amide bonds. The number of likely N-dealkylation sites (N-methyl/N-ethyl adjacent to an activating group) is 1. The van der Waals surface area contributed by atoms with Crippen molar-refractivity contribution < 1.29 is 29.4 Å². The molecule has 0 aromatic heterocycles. The van der Waals surface area contributed by atoms with Crippen LogP contribution in [-0.2, 0) is 14.2 Å². The SMILES string of the molecule is CC(C(=O)N(O)CCO)N(C)C(=O)CP(C)(=O)O.CCCC. The van der Waals surface area contributed by atoms with Crippen molar-refractivity contribution >= 4 is 19.2 Å². The Bertz CT molecular complexity index is 383. The van der Waals surface area contributed by atoms with Crippen LogP contribution in [0, 0.1) is 0 Å². The van der Waals surface area contributed by atoms with Crippen LogP contribution in [-0.4, -0.2) is 76.1 Å². The number of nitrogens with zero attached hydrogens (tertiary/aromatic N) is 2. The van der Waals surface area contributed by atoms with Crippen molar-refractivity contribution in [2.45, 2.75) is 39.7 Å². The molecule has 0 aromatic carbocycles. The van der Waals surface area contributed by atoms with Gasteiger partial charge in [-0.25, -0.2) is 5.06 Å². The average Bonchev–Trinajstić information content (AvgIpc) is 2.43. The monoisotopic (exact) mass is 340 g/mol. The normalized spacial score (nSPS) is 14.2. The smallest absolute Gasteiger partial charge is 0.268 e. The van der Waals surface area contributed by atoms with Crippen molar-refractivity contribution in [1.29, 1.82) is 0 Å². The lowest BCUT2D eigenvalue weighted by atomic mass is 10.2. The van der Waals surface area contributed by atoms with Gasteiger partial charge in [0.05, 0.1) is 13.2 Å². The van der Waals surface area contributed by atoms with Gasteiger partial charge in [-0.2, -0.15) is 0 Å². The lowest BCUT2D eigenvalue weighted by molar-refractivity contribution is -0.173. The Morgan fingerprint density at radius 1 is 1.23 bits per heavy atom. The molecule has 0 heterocycles. The third-order valence-corrected chi connectivity index (χ3v) is 3.68. The lowest BCUT2D eigenvalue weighted by Crippen LogP contribution is -2.48. The molecule has 0 spiro atoms. The summed E-state index contributed by atoms with van der Waals surface area (Å²) in [6.07, 6.45) is 2.08. The molecule has 9 heteroatoms. The highest BCUT2D eigenvalue weighted by Gasteiger charge is 2.28. The van der Waals surface area contributed by atoms with E-state index in [1.165, 1.54) is 26.8 Å². The molecule has 2 atom stereocenters. The molecule has 0 saturated heterocycles. The van der Waals surface area contributed by atoms with Crippen LogP contribution >= 0.6 is 7.37 Å². The van der Waals surface area contributed by atoms with Gasteiger partial charge in [0, 0.05) is 13.7 Å². The second kappa shape index (κ2) is 11.6. The van der Waals surface area contributed by atoms with E-state index >= 15 is 0 Å². The van der Waals surface area contributed by atoms with Crippen LogP contribution < -0.4 is 0 Å². The van der Waals surface area contributed by atoms with Gasteiger partial charge in [-0.05, 0) is 6.92 Å². The molecule has 3 N–H and O–H groups in total. The van der Waals surface area contributed by atoms with Crippen LogP contribution in [0.1, 0.15) is 33.6 Å². The van der Waals surface area contributed by atoms with E-state index in [1.54, 1.807) is 0 Å². The Morgan fingerprint density at radius 2 is 1.68 bits per heavy atom. The molecule has 22 heavy (non-hydrogen) atoms. The van der Waals surface area contributed by atoms with E-state index in [1.807, 2.05) is 0 Å². The Hall–Kier alpha value is -0.950. The first-order valence-electron chi connectivity index (χ1n) is 7.17. The summed E-state index contributed by atoms with van der Waals surface area (Å²) in [5, 5.41) is 18.1. The van der Waals surface area contributed by atoms with Crippen molar-refractivity contribution in [3.05, 3.63) is 0 Å². The van der Waals surface area contributed by atoms with Gasteiger partial charge in [-0.3, -0.25) is 19.4 Å². The molecule has 0 aliphatic heterocycles. The summed E-state index contributed by atoms with van der Waals surface area (Å²) in [6.45, 7) is 6.11. The fourth-order valence-electron chi connectivity index (χ4n) is 1.16. The minimum absolute atomic E-state index is 0.266. The molecule has 0 aliphatic rings. The summed E-state index contributed by atoms with van der Waals surface area (Å²) in [5.74, 6) is -1.44. The molecule has 0 aliphatic carbocycles. The van der Waals surface area contributed by atoms with E-state index in [2.05, 4.69) is 13.8 Å². The predicted molar refractivity (Wildman–Crippen MR) is 84.0 cm³/mol. The van der Waals surface area contributed by atoms with Gasteiger partial charge in [0.15, 0.2) is 0 Å². The molecule has 0 rings (SSSR count). The molecule has 132 valence electrons. The molecule has 0 fully saturated rings. The fraction of sp³-hybridized carbons (Fsp3) is 0.846. The molecule has 8 nitrogen and oxygen atoms in total. The first-order valence-corrected chi connectivity index (χ1v) is 9.47. The van der Waals surface area contributed by atoms with Crippen LogP contribution in [0.3, 0.4) is 0 Å². The second-order valence-corrected chi connectivity index (χ2v) is 7.49. The number of carbonyl (C=O) groups is 2. The van der Waals surface area contributed by atoms with Gasteiger partial charge < -0.3 is 14.9 Å². The number of rotatable bonds is 7. The summed E-state index contributed by atoms with van der Waals surface area (Å²) in [4.78, 5) is 33.2. The number of hydrogen-bond donors (Lipinski definition) is 3. The minimum Gasteiger partial charge on any atom is -0.394 e. The van der Waals surface area contributed by atoms with Gasteiger partial charge >= 0.3 is 0 Å². The van der Waals surface area contributed by atoms with Crippen molar-refractivity contribution in [2.24, 2.45) is 0 Å². The van der Waals surface area contributed by atoms with E-state index in [-0.39, 0.29) is 6.54 Å². The Morgan fingerprint density at radius 3 is 2.00 bits per heavy atom. The predicted octanol–water partition coefficient (Wildman–Crippen LogP) is 0.750. The van der Waals surface area contributed by atoms with E-state index in [4.69, 9.17) is 10.00 Å². The molecular weight excluding hydrogens is 311 g/mol. The maximum Gasteiger partial charge on any atom is 0.268 e. The highest BCUT2D eigenvalue weighted by atomic mass is 31.2. The minimum atomic E-state index is -3.50. The zero-order chi connectivity index (χ0) is 17.9. The number of unbranched alkanes of at least 4 members (excludes halogenated alkanes) is 1. The van der Waals surface area contributed by atoms with E-state index < -0.39 is 38.0 Å². The first kappa shape index (κ1) is 23.3. The van der Waals surface area contributed by atoms with Gasteiger partial charge in [0.1, 0.15) is 12.2 Å². The average molecular weight is 340 g/mol. The number of aliphatic hydroxyl groups excluding tert-OH is 1. The molecule has 0 saturated carbocycles. The van der Waals surface area contributed by atoms with Crippen molar-refractivity contribution in [3.63, 3.8) is 0 Å². The summed E-state index contributed by atoms with van der Waals surface area (Å²) in [7, 11) is -2.20. The zero-order valence-corrected chi connectivity index (χ0v) is 14.9. The maximum absolute atomic E-state index is 11.6. The van der Waals surface area contributed by atoms with Crippen LogP contribution in [0.5, 0.6) is 0 Å². The summed E-state index contributed by atoms with van der Waals surface area (Å²) < 4.78 is 11.1. The third kappa shape index (κ3) is 10.7. The Balaban J connectivity index is 0. The Kier molecular flexibility index (Phi) is 12.3. The van der Waals surface area contributed by atoms with Gasteiger partial charge in [0.25, 0.3) is 5.91 Å². The van der Waals surface area contributed by atoms with Gasteiger partial charge in [-0.1, -0.05) is 26.7 Å². The van der Waals surface area contributed by atoms with Gasteiger partial charge in [-0.15, -0.1) is 0 Å². The summed E-state index contributed by atoms with van der Waals surface area (Å²) >= 11 is 0. The standard InChI is InChI=1S/C9H19N2O6P.C4H10/c1-7(9(14)11(15)4-5-12)10(2)8(13)6-18(3,16)17;1-3-4-2/h7,12,15H,4-6H2,1-3H3,(H,16,17);3-4H2,1-2H3. The van der Waals surface area contributed by atoms with Crippen LogP contribution in [0.2, 0.25) is 0 Å². The molecule has 0 bridgehead atoms. The Labute approximate surface area is 132 Å². The topological polar surface area (TPSA) is 118 Å². The second-order valence-electron chi connectivity index (χ2n) is 5.07. The maximum atomic E-state index is 11.6. The molecular formula is C13H29N2O6P. The highest BCUT2D eigenvalue weighted by molar-refractivity contribution is 7.58. The van der Waals surface area contributed by atoms with Crippen molar-refractivity contribution in [2.75, 3.05) is 33.0 Å². The zero-order valence-electron chi connectivity index (χ0n) is 14.0. The third-order valence-electron chi connectivity index (χ3n) is 2.83. The molecule has 0 radical (unpaired) electrons. The summed E-state index contributed by atoms with van der Waals surface area (Å²) in [5.41, 5.74) is 0. The summed E-state index contributed by atoms with van der Waals surface area (Å²) in [6, 6.07) is -0.986. The lowest BCUT2D eigenvalue weighted by Gasteiger charge is -2.27. The molecule has 0 aromatic rings. The van der Waals surface area contributed by atoms with E-state index in [9.17, 15) is 19.4 Å². The molecule has 2 unspecified atom stereocenters. The van der Waals surface area contributed by atoms with Gasteiger partial charge in [0.2, 0.25) is 13.3 Å². The van der Waals surface area contributed by atoms with E-state index in [0.29, 0.717) is 5.06 Å². The number of hydroxylamine groups is 2. The van der Waals surface area contributed by atoms with Crippen LogP contribution in [0.4, 0.5) is 0 Å². The largest absolute Gasteiger partial charge is 0.394 e. The van der Waals surface area contributed by atoms with Crippen molar-refractivity contribution in [1.82, 2.24) is 9.96 Å². The number of amides is 2. The van der Waals surface area contributed by atoms with Crippen LogP contribution in [0.25, 0.3) is 0 Å². The number of hydrogen-bond acceptors (Lipinski definition) is 5. The fourth-order valence-corrected chi connectivity index (χ4v) is 1.89.